The number of hydrogen-bond acceptors (Lipinski definition) is 4. The highest BCUT2D eigenvalue weighted by Crippen LogP contribution is 2.23. The molecule has 0 saturated carbocycles. The number of unbranched alkanes of at least 4 members (excludes halogenated alkanes) is 4. The first-order valence-electron chi connectivity index (χ1n) is 9.86. The molecule has 5 nitrogen and oxygen atoms in total. The Morgan fingerprint density at radius 2 is 1.81 bits per heavy atom. The summed E-state index contributed by atoms with van der Waals surface area (Å²) in [4.78, 5) is 18.9. The van der Waals surface area contributed by atoms with Gasteiger partial charge >= 0.3 is 0 Å². The molecule has 0 amide bonds. The molecule has 0 aliphatic heterocycles. The molecule has 0 atom stereocenters. The topological polar surface area (TPSA) is 59.6 Å². The third kappa shape index (κ3) is 6.40. The van der Waals surface area contributed by atoms with Crippen LogP contribution in [0.15, 0.2) is 40.3 Å². The van der Waals surface area contributed by atoms with Crippen molar-refractivity contribution in [3.63, 3.8) is 0 Å². The molecule has 27 heavy (non-hydrogen) atoms. The Kier molecular flexibility index (Phi) is 8.88. The number of benzene rings is 1. The van der Waals surface area contributed by atoms with Gasteiger partial charge in [-0.1, -0.05) is 62.6 Å². The predicted octanol–water partition coefficient (Wildman–Crippen LogP) is 2.69. The monoisotopic (exact) mass is 390 g/mol. The molecule has 0 unspecified atom stereocenters. The molecule has 1 aromatic carbocycles. The van der Waals surface area contributed by atoms with Crippen LogP contribution < -0.4 is 10.5 Å². The fourth-order valence-corrected chi connectivity index (χ4v) is 4.06. The van der Waals surface area contributed by atoms with Crippen LogP contribution in [0.4, 0.5) is 0 Å². The molecule has 1 aromatic heterocycles. The Labute approximate surface area is 166 Å². The number of aromatic nitrogens is 2. The molecule has 2 aromatic rings. The van der Waals surface area contributed by atoms with Gasteiger partial charge in [0, 0.05) is 0 Å². The van der Waals surface area contributed by atoms with Crippen LogP contribution in [0, 0.1) is 0 Å². The van der Waals surface area contributed by atoms with E-state index in [1.165, 1.54) is 35.9 Å². The van der Waals surface area contributed by atoms with E-state index in [-0.39, 0.29) is 11.4 Å². The second-order valence-electron chi connectivity index (χ2n) is 7.14. The number of nitrogens with zero attached hydrogens (tertiary/aromatic N) is 2. The van der Waals surface area contributed by atoms with Gasteiger partial charge in [0.15, 0.2) is 5.16 Å². The third-order valence-corrected chi connectivity index (χ3v) is 5.44. The number of nitrogens with one attached hydrogen (secondary N) is 1. The molecule has 2 N–H and O–H groups in total. The standard InChI is InChI=1S/C21H31N3O2S/c1-4-5-6-7-11-14-18-19(25)22-21(27-16-15-23(2)3)24(20(18)26)17-12-9-8-10-13-17/h8-10,12-13,25H,4-7,11,14-16H2,1-3H3/p+1. The van der Waals surface area contributed by atoms with E-state index in [0.717, 1.165) is 30.8 Å². The van der Waals surface area contributed by atoms with Gasteiger partial charge in [0.05, 0.1) is 37.6 Å². The number of quaternary nitrogens is 1. The lowest BCUT2D eigenvalue weighted by atomic mass is 10.1. The van der Waals surface area contributed by atoms with Gasteiger partial charge in [-0.05, 0) is 25.0 Å². The molecule has 0 aliphatic carbocycles. The smallest absolute Gasteiger partial charge is 0.265 e. The van der Waals surface area contributed by atoms with Crippen LogP contribution in [0.25, 0.3) is 5.69 Å². The zero-order valence-electron chi connectivity index (χ0n) is 16.7. The van der Waals surface area contributed by atoms with Crippen molar-refractivity contribution < 1.29 is 10.0 Å². The van der Waals surface area contributed by atoms with Gasteiger partial charge in [0.25, 0.3) is 5.56 Å². The molecule has 0 fully saturated rings. The average Bonchev–Trinajstić information content (AvgIpc) is 2.64. The van der Waals surface area contributed by atoms with Crippen LogP contribution in [-0.2, 0) is 6.42 Å². The van der Waals surface area contributed by atoms with Crippen molar-refractivity contribution in [1.82, 2.24) is 9.55 Å². The SMILES string of the molecule is CCCCCCCc1c(O)nc(SCC[NH+](C)C)n(-c2ccccc2)c1=O. The lowest BCUT2D eigenvalue weighted by Crippen LogP contribution is -3.06. The molecular weight excluding hydrogens is 358 g/mol. The van der Waals surface area contributed by atoms with E-state index in [1.807, 2.05) is 30.3 Å². The molecular formula is C21H32N3O2S+. The average molecular weight is 391 g/mol. The summed E-state index contributed by atoms with van der Waals surface area (Å²) in [6, 6.07) is 9.58. The van der Waals surface area contributed by atoms with Crippen molar-refractivity contribution >= 4 is 11.8 Å². The zero-order valence-corrected chi connectivity index (χ0v) is 17.5. The summed E-state index contributed by atoms with van der Waals surface area (Å²) >= 11 is 1.51. The molecule has 0 aliphatic rings. The van der Waals surface area contributed by atoms with Crippen molar-refractivity contribution in [1.29, 1.82) is 0 Å². The second kappa shape index (κ2) is 11.1. The maximum atomic E-state index is 13.2. The molecule has 0 bridgehead atoms. The Hall–Kier alpha value is -1.79. The highest BCUT2D eigenvalue weighted by molar-refractivity contribution is 7.99. The minimum absolute atomic E-state index is 0.109. The van der Waals surface area contributed by atoms with Crippen molar-refractivity contribution in [3.8, 4) is 11.6 Å². The number of aromatic hydroxyl groups is 1. The number of rotatable bonds is 11. The van der Waals surface area contributed by atoms with E-state index >= 15 is 0 Å². The summed E-state index contributed by atoms with van der Waals surface area (Å²) in [7, 11) is 4.19. The van der Waals surface area contributed by atoms with E-state index in [0.29, 0.717) is 17.1 Å². The normalized spacial score (nSPS) is 11.3. The van der Waals surface area contributed by atoms with Gasteiger partial charge in [-0.15, -0.1) is 0 Å². The fourth-order valence-electron chi connectivity index (χ4n) is 2.90. The van der Waals surface area contributed by atoms with Crippen LogP contribution in [0.5, 0.6) is 5.88 Å². The first kappa shape index (κ1) is 21.5. The number of thioether (sulfide) groups is 1. The Morgan fingerprint density at radius 3 is 2.48 bits per heavy atom. The highest BCUT2D eigenvalue weighted by atomic mass is 32.2. The minimum Gasteiger partial charge on any atom is -0.493 e. The Balaban J connectivity index is 2.30. The maximum Gasteiger partial charge on any atom is 0.265 e. The molecule has 2 rings (SSSR count). The minimum atomic E-state index is -0.149. The molecule has 6 heteroatoms. The van der Waals surface area contributed by atoms with Crippen molar-refractivity contribution in [2.24, 2.45) is 0 Å². The van der Waals surface area contributed by atoms with E-state index in [1.54, 1.807) is 4.57 Å². The largest absolute Gasteiger partial charge is 0.493 e. The molecule has 148 valence electrons. The lowest BCUT2D eigenvalue weighted by Gasteiger charge is -2.15. The van der Waals surface area contributed by atoms with Gasteiger partial charge in [0.1, 0.15) is 0 Å². The van der Waals surface area contributed by atoms with Crippen molar-refractivity contribution in [2.75, 3.05) is 26.4 Å². The van der Waals surface area contributed by atoms with Crippen molar-refractivity contribution in [3.05, 3.63) is 46.2 Å². The van der Waals surface area contributed by atoms with Crippen LogP contribution >= 0.6 is 11.8 Å². The molecule has 1 heterocycles. The zero-order chi connectivity index (χ0) is 19.6. The van der Waals surface area contributed by atoms with Gasteiger partial charge < -0.3 is 10.0 Å². The summed E-state index contributed by atoms with van der Waals surface area (Å²) in [5.74, 6) is 0.722. The third-order valence-electron chi connectivity index (χ3n) is 4.50. The van der Waals surface area contributed by atoms with E-state index in [2.05, 4.69) is 26.0 Å². The van der Waals surface area contributed by atoms with Gasteiger partial charge in [0.2, 0.25) is 5.88 Å². The van der Waals surface area contributed by atoms with Crippen LogP contribution in [0.2, 0.25) is 0 Å². The van der Waals surface area contributed by atoms with Crippen LogP contribution in [0.1, 0.15) is 44.6 Å². The second-order valence-corrected chi connectivity index (χ2v) is 8.20. The van der Waals surface area contributed by atoms with Gasteiger partial charge in [-0.2, -0.15) is 4.98 Å². The quantitative estimate of drug-likeness (QED) is 0.352. The van der Waals surface area contributed by atoms with E-state index < -0.39 is 0 Å². The first-order chi connectivity index (χ1) is 13.0. The van der Waals surface area contributed by atoms with Crippen LogP contribution in [0.3, 0.4) is 0 Å². The summed E-state index contributed by atoms with van der Waals surface area (Å²) in [5, 5.41) is 11.0. The Bertz CT molecular complexity index is 760. The maximum absolute atomic E-state index is 13.2. The molecule has 0 radical (unpaired) electrons. The van der Waals surface area contributed by atoms with E-state index in [9.17, 15) is 9.90 Å². The summed E-state index contributed by atoms with van der Waals surface area (Å²) in [5.41, 5.74) is 1.07. The van der Waals surface area contributed by atoms with E-state index in [4.69, 9.17) is 0 Å². The fraction of sp³-hybridized carbons (Fsp3) is 0.524. The molecule has 0 saturated heterocycles. The summed E-state index contributed by atoms with van der Waals surface area (Å²) in [6.45, 7) is 3.14. The predicted molar refractivity (Wildman–Crippen MR) is 112 cm³/mol. The first-order valence-corrected chi connectivity index (χ1v) is 10.8. The van der Waals surface area contributed by atoms with Gasteiger partial charge in [-0.3, -0.25) is 9.36 Å². The summed E-state index contributed by atoms with van der Waals surface area (Å²) in [6.07, 6.45) is 6.10. The Morgan fingerprint density at radius 1 is 1.11 bits per heavy atom. The lowest BCUT2D eigenvalue weighted by molar-refractivity contribution is -0.855. The highest BCUT2D eigenvalue weighted by Gasteiger charge is 2.18. The summed E-state index contributed by atoms with van der Waals surface area (Å²) < 4.78 is 1.65. The van der Waals surface area contributed by atoms with Crippen LogP contribution in [-0.4, -0.2) is 41.1 Å². The van der Waals surface area contributed by atoms with Crippen molar-refractivity contribution in [2.45, 2.75) is 50.6 Å². The number of hydrogen-bond donors (Lipinski definition) is 2. The van der Waals surface area contributed by atoms with Gasteiger partial charge in [-0.25, -0.2) is 0 Å². The number of para-hydroxylation sites is 1. The molecule has 0 spiro atoms.